The summed E-state index contributed by atoms with van der Waals surface area (Å²) < 4.78 is 39.4. The third kappa shape index (κ3) is 11.4. The van der Waals surface area contributed by atoms with Crippen molar-refractivity contribution in [3.05, 3.63) is 58.7 Å². The quantitative estimate of drug-likeness (QED) is 0.0581. The maximum absolute atomic E-state index is 13.7. The number of hydrogen-bond donors (Lipinski definition) is 2. The highest BCUT2D eigenvalue weighted by atomic mass is 31.2. The highest BCUT2D eigenvalue weighted by Crippen LogP contribution is 2.69. The van der Waals surface area contributed by atoms with Crippen molar-refractivity contribution in [2.75, 3.05) is 31.3 Å². The van der Waals surface area contributed by atoms with Gasteiger partial charge in [0.1, 0.15) is 17.5 Å². The number of carboxylic acid groups (broad SMARTS) is 1. The Morgan fingerprint density at radius 3 is 2.02 bits per heavy atom. The van der Waals surface area contributed by atoms with E-state index in [0.29, 0.717) is 61.2 Å². The summed E-state index contributed by atoms with van der Waals surface area (Å²) in [5.41, 5.74) is 2.98. The van der Waals surface area contributed by atoms with Crippen LogP contribution in [-0.2, 0) is 36.4 Å². The van der Waals surface area contributed by atoms with Crippen LogP contribution in [0.1, 0.15) is 89.0 Å². The highest BCUT2D eigenvalue weighted by molar-refractivity contribution is 7.81. The first-order chi connectivity index (χ1) is 22.3. The van der Waals surface area contributed by atoms with Crippen LogP contribution in [-0.4, -0.2) is 65.6 Å². The second-order valence-corrected chi connectivity index (χ2v) is 20.1. The van der Waals surface area contributed by atoms with E-state index in [1.807, 2.05) is 71.9 Å². The number of carbonyl (C=O) groups excluding carboxylic acids is 2. The molecule has 0 unspecified atom stereocenters. The van der Waals surface area contributed by atoms with Gasteiger partial charge in [0.2, 0.25) is 5.91 Å². The SMILES string of the molecule is CCC(=O)Oc1cc(C)c(OCCCCC(P(=O)(CC)CC)P(=O)(CC)CC)c(C)c1CCC(=O)N[C@@H](Cc1ccccc1)C(=O)O. The number of nitrogens with one attached hydrogen (secondary N) is 1. The molecule has 0 radical (unpaired) electrons. The van der Waals surface area contributed by atoms with Crippen molar-refractivity contribution in [1.29, 1.82) is 0 Å². The minimum absolute atomic E-state index is 0.0101. The molecule has 0 fully saturated rings. The van der Waals surface area contributed by atoms with E-state index < -0.39 is 38.2 Å². The van der Waals surface area contributed by atoms with Crippen molar-refractivity contribution < 1.29 is 38.1 Å². The molecule has 0 saturated carbocycles. The van der Waals surface area contributed by atoms with Crippen molar-refractivity contribution in [2.24, 2.45) is 0 Å². The molecule has 0 bridgehead atoms. The van der Waals surface area contributed by atoms with Crippen LogP contribution in [0.3, 0.4) is 0 Å². The van der Waals surface area contributed by atoms with Gasteiger partial charge in [-0.05, 0) is 86.9 Å². The summed E-state index contributed by atoms with van der Waals surface area (Å²) in [6.45, 7) is 13.6. The summed E-state index contributed by atoms with van der Waals surface area (Å²) in [5.74, 6) is -0.946. The van der Waals surface area contributed by atoms with E-state index in [0.717, 1.165) is 23.1 Å². The average Bonchev–Trinajstić information content (AvgIpc) is 3.06. The van der Waals surface area contributed by atoms with Crippen LogP contribution in [0.5, 0.6) is 11.5 Å². The number of aryl methyl sites for hydroxylation is 1. The monoisotopic (exact) mass is 691 g/mol. The van der Waals surface area contributed by atoms with Crippen molar-refractivity contribution in [1.82, 2.24) is 5.32 Å². The summed E-state index contributed by atoms with van der Waals surface area (Å²) in [4.78, 5) is 37.1. The third-order valence-electron chi connectivity index (χ3n) is 9.16. The maximum Gasteiger partial charge on any atom is 0.326 e. The number of rotatable bonds is 21. The lowest BCUT2D eigenvalue weighted by molar-refractivity contribution is -0.141. The average molecular weight is 692 g/mol. The minimum atomic E-state index is -2.55. The molecule has 2 N–H and O–H groups in total. The van der Waals surface area contributed by atoms with E-state index in [4.69, 9.17) is 9.47 Å². The molecular weight excluding hydrogens is 636 g/mol. The zero-order chi connectivity index (χ0) is 35.2. The number of carbonyl (C=O) groups is 3. The minimum Gasteiger partial charge on any atom is -0.493 e. The zero-order valence-electron chi connectivity index (χ0n) is 29.3. The molecule has 0 saturated heterocycles. The van der Waals surface area contributed by atoms with Gasteiger partial charge >= 0.3 is 11.9 Å². The predicted octanol–water partition coefficient (Wildman–Crippen LogP) is 8.04. The molecule has 0 aliphatic heterocycles. The second-order valence-electron chi connectivity index (χ2n) is 12.1. The standard InChI is InChI=1S/C36H55NO8P2/c1-8-33(39)45-31-24-26(6)35(44-23-17-16-20-34(46(42,9-2)10-3)47(43,11-4)12-5)27(7)29(31)21-22-32(38)37-30(36(40)41)25-28-18-14-13-15-19-28/h13-15,18-19,24,30,34H,8-12,16-17,20-23,25H2,1-7H3,(H,37,38)(H,40,41)/t30-/m0/s1. The Balaban J connectivity index is 2.18. The van der Waals surface area contributed by atoms with Crippen molar-refractivity contribution in [2.45, 2.75) is 105 Å². The number of ether oxygens (including phenoxy) is 2. The number of benzene rings is 2. The van der Waals surface area contributed by atoms with Crippen molar-refractivity contribution in [3.8, 4) is 11.5 Å². The lowest BCUT2D eigenvalue weighted by Gasteiger charge is -2.32. The Labute approximate surface area is 281 Å². The first-order valence-electron chi connectivity index (χ1n) is 17.0. The van der Waals surface area contributed by atoms with E-state index in [2.05, 4.69) is 5.32 Å². The molecule has 9 nitrogen and oxygen atoms in total. The number of aliphatic carboxylic acids is 1. The van der Waals surface area contributed by atoms with Gasteiger partial charge in [0, 0.05) is 24.8 Å². The molecule has 0 aliphatic rings. The van der Waals surface area contributed by atoms with Gasteiger partial charge in [0.25, 0.3) is 0 Å². The molecule has 0 heterocycles. The number of esters is 1. The molecular formula is C36H55NO8P2. The Bertz CT molecular complexity index is 1400. The predicted molar refractivity (Wildman–Crippen MR) is 190 cm³/mol. The lowest BCUT2D eigenvalue weighted by atomic mass is 9.98. The number of amides is 1. The van der Waals surface area contributed by atoms with Crippen LogP contribution >= 0.6 is 14.3 Å². The van der Waals surface area contributed by atoms with E-state index in [1.165, 1.54) is 0 Å². The summed E-state index contributed by atoms with van der Waals surface area (Å²) in [5, 5.41) is 12.1. The molecule has 262 valence electrons. The van der Waals surface area contributed by atoms with Crippen LogP contribution in [0.2, 0.25) is 0 Å². The van der Waals surface area contributed by atoms with Crippen LogP contribution in [0.25, 0.3) is 0 Å². The van der Waals surface area contributed by atoms with Gasteiger partial charge in [-0.15, -0.1) is 0 Å². The number of hydrogen-bond acceptors (Lipinski definition) is 7. The summed E-state index contributed by atoms with van der Waals surface area (Å²) in [6, 6.07) is 9.78. The fraction of sp³-hybridized carbons (Fsp3) is 0.583. The van der Waals surface area contributed by atoms with Gasteiger partial charge < -0.3 is 29.0 Å². The fourth-order valence-electron chi connectivity index (χ4n) is 6.09. The molecule has 2 aromatic carbocycles. The Morgan fingerprint density at radius 1 is 0.894 bits per heavy atom. The van der Waals surface area contributed by atoms with Gasteiger partial charge in [-0.3, -0.25) is 9.59 Å². The third-order valence-corrected chi connectivity index (χ3v) is 18.7. The Morgan fingerprint density at radius 2 is 1.49 bits per heavy atom. The van der Waals surface area contributed by atoms with E-state index in [-0.39, 0.29) is 31.1 Å². The van der Waals surface area contributed by atoms with Gasteiger partial charge in [0.05, 0.1) is 26.3 Å². The molecule has 1 amide bonds. The zero-order valence-corrected chi connectivity index (χ0v) is 31.1. The van der Waals surface area contributed by atoms with Crippen LogP contribution in [0, 0.1) is 13.8 Å². The van der Waals surface area contributed by atoms with E-state index >= 15 is 0 Å². The molecule has 47 heavy (non-hydrogen) atoms. The van der Waals surface area contributed by atoms with Crippen LogP contribution in [0.15, 0.2) is 36.4 Å². The Hall–Kier alpha value is -2.89. The molecule has 0 aliphatic carbocycles. The van der Waals surface area contributed by atoms with Gasteiger partial charge in [-0.2, -0.15) is 0 Å². The van der Waals surface area contributed by atoms with E-state index in [9.17, 15) is 28.6 Å². The fourth-order valence-corrected chi connectivity index (χ4v) is 15.0. The molecule has 2 rings (SSSR count). The molecule has 0 spiro atoms. The van der Waals surface area contributed by atoms with Crippen molar-refractivity contribution in [3.63, 3.8) is 0 Å². The largest absolute Gasteiger partial charge is 0.493 e. The molecule has 0 aromatic heterocycles. The van der Waals surface area contributed by atoms with Crippen LogP contribution in [0.4, 0.5) is 0 Å². The first kappa shape index (κ1) is 40.3. The maximum atomic E-state index is 13.7. The summed E-state index contributed by atoms with van der Waals surface area (Å²) >= 11 is 0. The van der Waals surface area contributed by atoms with Gasteiger partial charge in [-0.25, -0.2) is 4.79 Å². The smallest absolute Gasteiger partial charge is 0.326 e. The highest BCUT2D eigenvalue weighted by Gasteiger charge is 2.41. The molecule has 1 atom stereocenters. The topological polar surface area (TPSA) is 136 Å². The van der Waals surface area contributed by atoms with Gasteiger partial charge in [0.15, 0.2) is 0 Å². The van der Waals surface area contributed by atoms with Gasteiger partial charge in [-0.1, -0.05) is 65.0 Å². The summed E-state index contributed by atoms with van der Waals surface area (Å²) in [7, 11) is -5.11. The van der Waals surface area contributed by atoms with Crippen molar-refractivity contribution >= 4 is 32.1 Å². The first-order valence-corrected chi connectivity index (χ1v) is 21.3. The Kier molecular flexibility index (Phi) is 16.5. The second kappa shape index (κ2) is 19.2. The van der Waals surface area contributed by atoms with Crippen LogP contribution < -0.4 is 14.8 Å². The number of unbranched alkanes of at least 4 members (excludes halogenated alkanes) is 1. The summed E-state index contributed by atoms with van der Waals surface area (Å²) in [6.07, 6.45) is 4.88. The number of carboxylic acids is 1. The van der Waals surface area contributed by atoms with E-state index in [1.54, 1.807) is 13.0 Å². The molecule has 11 heteroatoms. The lowest BCUT2D eigenvalue weighted by Crippen LogP contribution is -2.42. The normalized spacial score (nSPS) is 12.5. The molecule has 2 aromatic rings.